The van der Waals surface area contributed by atoms with Gasteiger partial charge in [0.1, 0.15) is 36.4 Å². The monoisotopic (exact) mass is 1280 g/mol. The number of para-hydroxylation sites is 1. The van der Waals surface area contributed by atoms with Crippen LogP contribution < -0.4 is 37.6 Å². The van der Waals surface area contributed by atoms with E-state index in [1.165, 1.54) is 19.1 Å². The van der Waals surface area contributed by atoms with E-state index in [0.717, 1.165) is 28.5 Å². The summed E-state index contributed by atoms with van der Waals surface area (Å²) in [6.45, 7) is 18.6. The van der Waals surface area contributed by atoms with Crippen molar-refractivity contribution in [3.8, 4) is 0 Å². The Morgan fingerprint density at radius 1 is 0.739 bits per heavy atom. The summed E-state index contributed by atoms with van der Waals surface area (Å²) < 4.78 is 23.2. The smallest absolute Gasteiger partial charge is 0.410 e. The summed E-state index contributed by atoms with van der Waals surface area (Å²) >= 11 is 0. The van der Waals surface area contributed by atoms with E-state index >= 15 is 0 Å². The van der Waals surface area contributed by atoms with E-state index in [-0.39, 0.29) is 75.1 Å². The van der Waals surface area contributed by atoms with Gasteiger partial charge in [0.05, 0.1) is 37.1 Å². The molecule has 0 aliphatic carbocycles. The van der Waals surface area contributed by atoms with Gasteiger partial charge >= 0.3 is 18.2 Å². The lowest BCUT2D eigenvalue weighted by molar-refractivity contribution is -0.147. The summed E-state index contributed by atoms with van der Waals surface area (Å²) in [7, 11) is 6.17. The topological polar surface area (TPSA) is 314 Å². The number of carbonyl (C=O) groups is 9. The molecule has 3 aromatic carbocycles. The molecule has 1 saturated heterocycles. The van der Waals surface area contributed by atoms with Crippen LogP contribution >= 0.6 is 0 Å². The number of hydrogen-bond acceptors (Lipinski definition) is 13. The number of nitrogens with zero attached hydrogens (tertiary/aromatic N) is 3. The molecule has 10 atom stereocenters. The van der Waals surface area contributed by atoms with Gasteiger partial charge in [-0.2, -0.15) is 0 Å². The zero-order chi connectivity index (χ0) is 68.0. The van der Waals surface area contributed by atoms with Crippen LogP contribution in [0.1, 0.15) is 131 Å². The highest BCUT2D eigenvalue weighted by Crippen LogP contribution is 2.29. The Hall–Kier alpha value is -8.25. The number of benzene rings is 3. The number of nitrogens with one attached hydrogen (secondary N) is 7. The van der Waals surface area contributed by atoms with E-state index in [9.17, 15) is 43.2 Å². The van der Waals surface area contributed by atoms with E-state index in [4.69, 9.17) is 24.7 Å². The van der Waals surface area contributed by atoms with Crippen molar-refractivity contribution >= 4 is 70.3 Å². The Kier molecular flexibility index (Phi) is 28.8. The first kappa shape index (κ1) is 74.5. The number of hydrogen-bond donors (Lipinski definition) is 8. The number of amides is 10. The van der Waals surface area contributed by atoms with Gasteiger partial charge in [-0.05, 0) is 112 Å². The number of alkyl carbamates (subject to hydrolysis) is 1. The summed E-state index contributed by atoms with van der Waals surface area (Å²) in [4.78, 5) is 131. The summed E-state index contributed by atoms with van der Waals surface area (Å²) in [5.41, 5.74) is 7.98. The molecule has 0 bridgehead atoms. The van der Waals surface area contributed by atoms with Gasteiger partial charge in [0.15, 0.2) is 0 Å². The number of aromatic amines is 1. The minimum absolute atomic E-state index is 0.0481. The third-order valence-electron chi connectivity index (χ3n) is 16.7. The molecular formula is C68H101N11O13. The fourth-order valence-electron chi connectivity index (χ4n) is 11.8. The molecule has 92 heavy (non-hydrogen) atoms. The van der Waals surface area contributed by atoms with Crippen LogP contribution in [0.25, 0.3) is 10.9 Å². The summed E-state index contributed by atoms with van der Waals surface area (Å²) in [5, 5.41) is 17.7. The van der Waals surface area contributed by atoms with Gasteiger partial charge in [-0.3, -0.25) is 33.7 Å². The SMILES string of the molecule is CC[C@H](C)[C@@H]([C@@H](CC(=O)N1CCC[C@H]1[C@@H](CC(=O)N[C@H](C)Cc1ccccc1)OC)OC)N(C)C(=O)[C@@H](NC(=O)[C@H](C(C)C)N(C)C(=O)OCc1ccc(NC(=O)[C@H](CCCNC(N)=O)NC(=O)C(Cc2c[nH]c3ccccc23)NC(=O)OC(C)(C)C)cc1)C(C)C. The van der Waals surface area contributed by atoms with Crippen molar-refractivity contribution < 1.29 is 62.1 Å². The van der Waals surface area contributed by atoms with Gasteiger partial charge in [0, 0.05) is 76.7 Å². The molecule has 5 rings (SSSR count). The van der Waals surface area contributed by atoms with Crippen LogP contribution in [-0.4, -0.2) is 175 Å². The van der Waals surface area contributed by atoms with Crippen molar-refractivity contribution in [2.24, 2.45) is 23.5 Å². The average molecular weight is 1280 g/mol. The average Bonchev–Trinajstić information content (AvgIpc) is 2.11. The second kappa shape index (κ2) is 35.5. The highest BCUT2D eigenvalue weighted by Gasteiger charge is 2.43. The van der Waals surface area contributed by atoms with Crippen LogP contribution in [0, 0.1) is 17.8 Å². The number of H-pyrrole nitrogens is 1. The molecule has 0 saturated carbocycles. The maximum Gasteiger partial charge on any atom is 0.410 e. The molecule has 0 radical (unpaired) electrons. The molecule has 1 aliphatic heterocycles. The van der Waals surface area contributed by atoms with Crippen molar-refractivity contribution in [3.05, 3.63) is 102 Å². The minimum atomic E-state index is -1.17. The van der Waals surface area contributed by atoms with Crippen LogP contribution in [-0.2, 0) is 67.2 Å². The normalized spacial score (nSPS) is 16.2. The molecule has 24 nitrogen and oxygen atoms in total. The molecule has 9 N–H and O–H groups in total. The number of aromatic nitrogens is 1. The molecule has 10 amide bonds. The highest BCUT2D eigenvalue weighted by atomic mass is 16.6. The number of methoxy groups -OCH3 is 2. The molecule has 4 aromatic rings. The van der Waals surface area contributed by atoms with Crippen molar-refractivity contribution in [1.82, 2.24) is 46.3 Å². The lowest BCUT2D eigenvalue weighted by atomic mass is 9.89. The molecule has 1 aliphatic rings. The number of ether oxygens (including phenoxy) is 4. The van der Waals surface area contributed by atoms with E-state index in [1.54, 1.807) is 89.0 Å². The van der Waals surface area contributed by atoms with E-state index in [1.807, 2.05) is 89.2 Å². The van der Waals surface area contributed by atoms with Gasteiger partial charge in [-0.25, -0.2) is 14.4 Å². The van der Waals surface area contributed by atoms with Gasteiger partial charge < -0.3 is 71.4 Å². The number of nitrogens with two attached hydrogens (primary N) is 1. The first-order chi connectivity index (χ1) is 43.5. The Morgan fingerprint density at radius 3 is 2.03 bits per heavy atom. The Labute approximate surface area is 542 Å². The minimum Gasteiger partial charge on any atom is -0.445 e. The van der Waals surface area contributed by atoms with Gasteiger partial charge in [-0.15, -0.1) is 0 Å². The van der Waals surface area contributed by atoms with Crippen LogP contribution in [0.4, 0.5) is 20.1 Å². The highest BCUT2D eigenvalue weighted by molar-refractivity contribution is 5.98. The largest absolute Gasteiger partial charge is 0.445 e. The van der Waals surface area contributed by atoms with E-state index < -0.39 is 102 Å². The molecule has 1 fully saturated rings. The summed E-state index contributed by atoms with van der Waals surface area (Å²) in [6.07, 6.45) is 1.94. The van der Waals surface area contributed by atoms with Crippen molar-refractivity contribution in [2.75, 3.05) is 46.7 Å². The lowest BCUT2D eigenvalue weighted by Gasteiger charge is -2.41. The molecule has 2 heterocycles. The zero-order valence-electron chi connectivity index (χ0n) is 56.2. The van der Waals surface area contributed by atoms with Gasteiger partial charge in [-0.1, -0.05) is 109 Å². The fourth-order valence-corrected chi connectivity index (χ4v) is 11.8. The maximum absolute atomic E-state index is 14.8. The van der Waals surface area contributed by atoms with Crippen molar-refractivity contribution in [2.45, 2.75) is 194 Å². The standard InChI is InChI=1S/C68H101N11O13/c1-15-43(6)60(55(90-14)38-57(81)79-34-22-28-53(79)54(89-13)37-56(80)72-44(7)35-45-23-17-16-18-24-45)77(11)64(85)58(41(2)3)76-63(84)59(42(4)5)78(12)67(88)91-40-46-29-31-48(32-30-46)73-61(82)51(27-21-33-70-65(69)86)74-62(83)52(75-66(87)92-68(8,9)10)36-47-39-71-50-26-20-19-25-49(47)50/h16-20,23-26,29-32,39,41-44,51-55,58-60,71H,15,21-22,27-28,33-38,40H2,1-14H3,(H,72,80)(H,73,82)(H,74,83)(H,75,87)(H,76,84)(H3,69,70,86)/t43-,44+,51-,52?,53-,54+,55+,58-,59-,60-/m0/s1. The van der Waals surface area contributed by atoms with Crippen molar-refractivity contribution in [3.63, 3.8) is 0 Å². The number of carbonyl (C=O) groups excluding carboxylic acids is 9. The first-order valence-electron chi connectivity index (χ1n) is 32.0. The van der Waals surface area contributed by atoms with Crippen LogP contribution in [0.3, 0.4) is 0 Å². The molecule has 1 unspecified atom stereocenters. The lowest BCUT2D eigenvalue weighted by Crippen LogP contribution is -2.60. The molecule has 24 heteroatoms. The molecule has 0 spiro atoms. The third-order valence-corrected chi connectivity index (χ3v) is 16.7. The number of primary amides is 1. The fraction of sp³-hybridized carbons (Fsp3) is 0.574. The Morgan fingerprint density at radius 2 is 1.41 bits per heavy atom. The molecule has 1 aromatic heterocycles. The number of fused-ring (bicyclic) bond motifs is 1. The molecular weight excluding hydrogens is 1180 g/mol. The predicted octanol–water partition coefficient (Wildman–Crippen LogP) is 7.33. The van der Waals surface area contributed by atoms with Crippen LogP contribution in [0.15, 0.2) is 85.1 Å². The number of anilines is 1. The second-order valence-electron chi connectivity index (χ2n) is 25.8. The number of urea groups is 1. The van der Waals surface area contributed by atoms with Crippen molar-refractivity contribution in [1.29, 1.82) is 0 Å². The summed E-state index contributed by atoms with van der Waals surface area (Å²) in [5.74, 6) is -3.56. The number of likely N-dealkylation sites (tertiary alicyclic amines) is 1. The Balaban J connectivity index is 1.21. The molecule has 506 valence electrons. The van der Waals surface area contributed by atoms with Gasteiger partial charge in [0.2, 0.25) is 35.4 Å². The van der Waals surface area contributed by atoms with Crippen LogP contribution in [0.5, 0.6) is 0 Å². The Bertz CT molecular complexity index is 3080. The zero-order valence-corrected chi connectivity index (χ0v) is 56.2. The van der Waals surface area contributed by atoms with E-state index in [2.05, 4.69) is 36.9 Å². The van der Waals surface area contributed by atoms with E-state index in [0.29, 0.717) is 37.1 Å². The third kappa shape index (κ3) is 22.3. The second-order valence-corrected chi connectivity index (χ2v) is 25.8. The van der Waals surface area contributed by atoms with Gasteiger partial charge in [0.25, 0.3) is 0 Å². The maximum atomic E-state index is 14.8. The summed E-state index contributed by atoms with van der Waals surface area (Å²) in [6, 6.07) is 17.6. The number of rotatable bonds is 33. The number of likely N-dealkylation sites (N-methyl/N-ethyl adjacent to an activating group) is 2. The quantitative estimate of drug-likeness (QED) is 0.0217. The first-order valence-corrected chi connectivity index (χ1v) is 32.0. The van der Waals surface area contributed by atoms with Crippen LogP contribution in [0.2, 0.25) is 0 Å². The predicted molar refractivity (Wildman–Crippen MR) is 352 cm³/mol.